The maximum absolute atomic E-state index is 14.6. The van der Waals surface area contributed by atoms with Crippen LogP contribution in [0.15, 0.2) is 66.7 Å². The molecule has 12 atom stereocenters. The summed E-state index contributed by atoms with van der Waals surface area (Å²) in [4.78, 5) is 127. The lowest BCUT2D eigenvalue weighted by Crippen LogP contribution is -2.60. The number of fused-ring (bicyclic) bond motifs is 2. The second-order valence-corrected chi connectivity index (χ2v) is 22.5. The van der Waals surface area contributed by atoms with Crippen LogP contribution in [0.3, 0.4) is 0 Å². The summed E-state index contributed by atoms with van der Waals surface area (Å²) in [5, 5.41) is 11.9. The number of hydrogen-bond donors (Lipinski definition) is 4. The fraction of sp³-hybridized carbons (Fsp3) is 0.617. The van der Waals surface area contributed by atoms with Gasteiger partial charge in [0.15, 0.2) is 0 Å². The molecule has 0 spiro atoms. The van der Waals surface area contributed by atoms with Gasteiger partial charge in [-0.1, -0.05) is 96.8 Å². The van der Waals surface area contributed by atoms with Gasteiger partial charge in [-0.05, 0) is 85.5 Å². The minimum absolute atomic E-state index is 0.00690. The van der Waals surface area contributed by atoms with Crippen LogP contribution in [0.25, 0.3) is 0 Å². The summed E-state index contributed by atoms with van der Waals surface area (Å²) in [6.07, 6.45) is 7.04. The fourth-order valence-electron chi connectivity index (χ4n) is 12.4. The van der Waals surface area contributed by atoms with Crippen molar-refractivity contribution in [3.63, 3.8) is 0 Å². The van der Waals surface area contributed by atoms with Gasteiger partial charge >= 0.3 is 0 Å². The van der Waals surface area contributed by atoms with E-state index in [4.69, 9.17) is 9.47 Å². The molecule has 3 aliphatic heterocycles. The lowest BCUT2D eigenvalue weighted by molar-refractivity contribution is -0.148. The quantitative estimate of drug-likeness (QED) is 0.0642. The van der Waals surface area contributed by atoms with Gasteiger partial charge in [-0.25, -0.2) is 0 Å². The number of carbonyl (C=O) groups excluding carboxylic acids is 9. The molecule has 3 fully saturated rings. The van der Waals surface area contributed by atoms with Gasteiger partial charge in [0, 0.05) is 84.5 Å². The average Bonchev–Trinajstić information content (AvgIpc) is 4.40. The lowest BCUT2D eigenvalue weighted by atomic mass is 9.89. The van der Waals surface area contributed by atoms with Gasteiger partial charge in [0.05, 0.1) is 36.6 Å². The van der Waals surface area contributed by atoms with Crippen molar-refractivity contribution in [1.82, 2.24) is 35.6 Å². The van der Waals surface area contributed by atoms with Crippen molar-refractivity contribution in [2.45, 2.75) is 174 Å². The van der Waals surface area contributed by atoms with Crippen molar-refractivity contribution in [2.75, 3.05) is 39.7 Å². The van der Waals surface area contributed by atoms with Gasteiger partial charge in [0.1, 0.15) is 18.1 Å². The third-order valence-electron chi connectivity index (χ3n) is 17.1. The number of likely N-dealkylation sites (tertiary alicyclic amines) is 2. The summed E-state index contributed by atoms with van der Waals surface area (Å²) in [6.45, 7) is 14.1. The number of nitrogens with one attached hydrogen (secondary N) is 4. The minimum atomic E-state index is -0.983. The molecule has 0 radical (unpaired) electrons. The molecule has 0 aromatic heterocycles. The molecule has 79 heavy (non-hydrogen) atoms. The first-order valence-electron chi connectivity index (χ1n) is 28.5. The van der Waals surface area contributed by atoms with Crippen LogP contribution in [-0.2, 0) is 65.6 Å². The maximum atomic E-state index is 14.6. The molecule has 4 aliphatic rings. The average molecular weight is 1100 g/mol. The number of methoxy groups -OCH3 is 2. The van der Waals surface area contributed by atoms with E-state index in [1.54, 1.807) is 52.9 Å². The van der Waals surface area contributed by atoms with Gasteiger partial charge in [-0.3, -0.25) is 48.1 Å². The SMILES string of the molecule is CC[C@H](C)[C@@H]([C@@H](CC(=O)N1CCC[C@H]1[C@H](OC)[C@@H](C)C(=O)N[C@@H](Cc1ccccc1)C(=O)Nc1ccc(CNC(=O)CCCCCN2C(=O)C=CC2=O)cc1)OC)N(C)C(=O)[C@@H](NC(=O)[C@@H]1[C@H]2CC[C@@H]([C@H]2C)N1C(C)=O)C(C)C. The number of likely N-dealkylation sites (N-methyl/N-ethyl adjacent to an activating group) is 1. The zero-order valence-electron chi connectivity index (χ0n) is 48.0. The van der Waals surface area contributed by atoms with Crippen molar-refractivity contribution < 1.29 is 52.6 Å². The van der Waals surface area contributed by atoms with E-state index in [-0.39, 0.29) is 90.5 Å². The Bertz CT molecular complexity index is 2490. The predicted octanol–water partition coefficient (Wildman–Crippen LogP) is 5.16. The number of imide groups is 1. The number of unbranched alkanes of at least 4 members (excludes halogenated alkanes) is 2. The van der Waals surface area contributed by atoms with E-state index in [0.29, 0.717) is 63.7 Å². The number of rotatable bonds is 28. The van der Waals surface area contributed by atoms with Crippen LogP contribution in [0.2, 0.25) is 0 Å². The Morgan fingerprint density at radius 3 is 2.11 bits per heavy atom. The topological polar surface area (TPSA) is 233 Å². The number of anilines is 1. The molecule has 9 amide bonds. The van der Waals surface area contributed by atoms with Gasteiger partial charge < -0.3 is 45.4 Å². The summed E-state index contributed by atoms with van der Waals surface area (Å²) in [5.41, 5.74) is 2.14. The number of amides is 9. The summed E-state index contributed by atoms with van der Waals surface area (Å²) < 4.78 is 12.2. The van der Waals surface area contributed by atoms with Gasteiger partial charge in [0.2, 0.25) is 41.4 Å². The Balaban J connectivity index is 1.06. The molecule has 2 aromatic carbocycles. The Morgan fingerprint density at radius 2 is 1.49 bits per heavy atom. The van der Waals surface area contributed by atoms with Crippen molar-refractivity contribution in [3.8, 4) is 0 Å². The van der Waals surface area contributed by atoms with Gasteiger partial charge in [-0.2, -0.15) is 0 Å². The third kappa shape index (κ3) is 15.3. The van der Waals surface area contributed by atoms with Crippen LogP contribution in [0.5, 0.6) is 0 Å². The van der Waals surface area contributed by atoms with Crippen LogP contribution >= 0.6 is 0 Å². The summed E-state index contributed by atoms with van der Waals surface area (Å²) in [5.74, 6) is -3.58. The Morgan fingerprint density at radius 1 is 0.810 bits per heavy atom. The normalized spacial score (nSPS) is 22.3. The lowest BCUT2D eigenvalue weighted by Gasteiger charge is -2.41. The molecule has 1 aliphatic carbocycles. The van der Waals surface area contributed by atoms with Gasteiger partial charge in [0.25, 0.3) is 11.8 Å². The molecule has 2 bridgehead atoms. The summed E-state index contributed by atoms with van der Waals surface area (Å²) in [7, 11) is 4.75. The van der Waals surface area contributed by atoms with Crippen LogP contribution in [0, 0.1) is 29.6 Å². The highest BCUT2D eigenvalue weighted by molar-refractivity contribution is 6.12. The second-order valence-electron chi connectivity index (χ2n) is 22.5. The molecular weight excluding hydrogens is 1010 g/mol. The first-order chi connectivity index (χ1) is 37.7. The number of benzene rings is 2. The highest BCUT2D eigenvalue weighted by atomic mass is 16.5. The largest absolute Gasteiger partial charge is 0.379 e. The van der Waals surface area contributed by atoms with Crippen LogP contribution in [0.4, 0.5) is 5.69 Å². The molecule has 2 saturated heterocycles. The number of ether oxygens (including phenoxy) is 2. The molecule has 6 rings (SSSR count). The highest BCUT2D eigenvalue weighted by Crippen LogP contribution is 2.47. The Hall–Kier alpha value is -6.47. The molecule has 1 saturated carbocycles. The number of hydrogen-bond acceptors (Lipinski definition) is 11. The maximum Gasteiger partial charge on any atom is 0.253 e. The molecular formula is C60H86N8O11. The van der Waals surface area contributed by atoms with E-state index < -0.39 is 60.1 Å². The number of nitrogens with zero attached hydrogens (tertiary/aromatic N) is 4. The zero-order valence-corrected chi connectivity index (χ0v) is 48.0. The van der Waals surface area contributed by atoms with E-state index in [1.807, 2.05) is 58.0 Å². The molecule has 2 aromatic rings. The summed E-state index contributed by atoms with van der Waals surface area (Å²) >= 11 is 0. The van der Waals surface area contributed by atoms with Crippen molar-refractivity contribution >= 4 is 58.9 Å². The van der Waals surface area contributed by atoms with Crippen molar-refractivity contribution in [1.29, 1.82) is 0 Å². The molecule has 432 valence electrons. The number of piperidine rings is 1. The Kier molecular flexibility index (Phi) is 22.4. The fourth-order valence-corrected chi connectivity index (χ4v) is 12.4. The van der Waals surface area contributed by atoms with Crippen molar-refractivity contribution in [3.05, 3.63) is 77.9 Å². The smallest absolute Gasteiger partial charge is 0.253 e. The third-order valence-corrected chi connectivity index (χ3v) is 17.1. The van der Waals surface area contributed by atoms with Crippen LogP contribution in [-0.4, -0.2) is 156 Å². The highest BCUT2D eigenvalue weighted by Gasteiger charge is 2.55. The monoisotopic (exact) mass is 1090 g/mol. The van der Waals surface area contributed by atoms with Crippen molar-refractivity contribution in [2.24, 2.45) is 29.6 Å². The van der Waals surface area contributed by atoms with E-state index in [2.05, 4.69) is 28.2 Å². The molecule has 19 nitrogen and oxygen atoms in total. The minimum Gasteiger partial charge on any atom is -0.379 e. The summed E-state index contributed by atoms with van der Waals surface area (Å²) in [6, 6.07) is 12.9. The van der Waals surface area contributed by atoms with E-state index >= 15 is 0 Å². The second kappa shape index (κ2) is 28.6. The first kappa shape index (κ1) is 61.7. The van der Waals surface area contributed by atoms with Crippen LogP contribution in [0.1, 0.15) is 124 Å². The molecule has 19 heteroatoms. The van der Waals surface area contributed by atoms with E-state index in [0.717, 1.165) is 24.0 Å². The Labute approximate surface area is 466 Å². The number of carbonyl (C=O) groups is 9. The van der Waals surface area contributed by atoms with Gasteiger partial charge in [-0.15, -0.1) is 0 Å². The standard InChI is InChI=1S/C60H86N8O11/c1-11-37(4)54(65(8)60(77)53(36(2)3)64-59(76)55-44-27-28-46(38(44)5)68(55)40(7)69)48(78-9)34-52(73)66-32-18-21-47(66)56(79-10)39(6)57(74)63-45(33-41-19-14-12-15-20-41)58(75)62-43-25-23-42(24-26-43)35-61-49(70)22-16-13-17-31-67-50(71)29-30-51(67)72/h12,14-15,19-20,23-26,29-30,36-39,44-48,53-56H,11,13,16-18,21-22,27-28,31-35H2,1-10H3,(H,61,70)(H,62,75)(H,63,74)(H,64,76)/t37-,38-,39+,44-,45-,46-,47-,48+,53-,54-,55-,56+/m0/s1. The van der Waals surface area contributed by atoms with E-state index in [1.165, 1.54) is 38.2 Å². The first-order valence-corrected chi connectivity index (χ1v) is 28.5. The predicted molar refractivity (Wildman–Crippen MR) is 298 cm³/mol. The van der Waals surface area contributed by atoms with Crippen LogP contribution < -0.4 is 21.3 Å². The molecule has 3 heterocycles. The molecule has 4 N–H and O–H groups in total. The van der Waals surface area contributed by atoms with E-state index in [9.17, 15) is 43.2 Å². The zero-order chi connectivity index (χ0) is 57.7. The molecule has 0 unspecified atom stereocenters.